The summed E-state index contributed by atoms with van der Waals surface area (Å²) < 4.78 is 14.7. The summed E-state index contributed by atoms with van der Waals surface area (Å²) in [6.07, 6.45) is 0. The van der Waals surface area contributed by atoms with Crippen LogP contribution >= 0.6 is 7.92 Å². The van der Waals surface area contributed by atoms with E-state index < -0.39 is 30.0 Å². The second-order valence-electron chi connectivity index (χ2n) is 11.3. The van der Waals surface area contributed by atoms with Crippen molar-refractivity contribution in [2.45, 2.75) is 30.0 Å². The Hall–Kier alpha value is -4.63. The maximum absolute atomic E-state index is 14.7. The Morgan fingerprint density at radius 2 is 1.04 bits per heavy atom. The zero-order chi connectivity index (χ0) is 31.9. The molecule has 0 heterocycles. The van der Waals surface area contributed by atoms with Crippen LogP contribution in [0, 0.1) is 13.8 Å². The minimum absolute atomic E-state index is 0.192. The molecule has 6 aromatic rings. The summed E-state index contributed by atoms with van der Waals surface area (Å²) in [7, 11) is -2.49. The Bertz CT molecular complexity index is 1870. The van der Waals surface area contributed by atoms with E-state index in [0.29, 0.717) is 5.56 Å². The topological polar surface area (TPSA) is 46.2 Å². The van der Waals surface area contributed by atoms with Crippen LogP contribution in [0.25, 0.3) is 0 Å². The quantitative estimate of drug-likeness (QED) is 0.154. The lowest BCUT2D eigenvalue weighted by Gasteiger charge is -2.30. The Morgan fingerprint density at radius 3 is 1.59 bits per heavy atom. The summed E-state index contributed by atoms with van der Waals surface area (Å²) in [5.41, 5.74) is 4.52. The van der Waals surface area contributed by atoms with Gasteiger partial charge in [-0.3, -0.25) is 9.00 Å². The third kappa shape index (κ3) is 7.10. The van der Waals surface area contributed by atoms with Gasteiger partial charge in [0.2, 0.25) is 0 Å². The molecule has 3 nitrogen and oxygen atoms in total. The van der Waals surface area contributed by atoms with E-state index in [1.54, 1.807) is 0 Å². The van der Waals surface area contributed by atoms with Crippen LogP contribution < -0.4 is 21.2 Å². The van der Waals surface area contributed by atoms with Crippen LogP contribution in [-0.4, -0.2) is 10.1 Å². The smallest absolute Gasteiger partial charge is 0.252 e. The third-order valence-corrected chi connectivity index (χ3v) is 12.2. The average molecular weight is 638 g/mol. The number of carbonyl (C=O) groups excluding carboxylic acids is 1. The molecule has 0 saturated carbocycles. The minimum atomic E-state index is -1.48. The number of hydrogen-bond donors (Lipinski definition) is 1. The lowest BCUT2D eigenvalue weighted by atomic mass is 9.97. The first-order chi connectivity index (χ1) is 22.5. The van der Waals surface area contributed by atoms with Crippen LogP contribution in [-0.2, 0) is 10.8 Å². The molecule has 1 amide bonds. The van der Waals surface area contributed by atoms with Gasteiger partial charge < -0.3 is 5.32 Å². The van der Waals surface area contributed by atoms with Gasteiger partial charge in [-0.1, -0.05) is 146 Å². The van der Waals surface area contributed by atoms with Gasteiger partial charge in [-0.05, 0) is 78.1 Å². The van der Waals surface area contributed by atoms with E-state index in [4.69, 9.17) is 0 Å². The largest absolute Gasteiger partial charge is 0.344 e. The molecule has 3 atom stereocenters. The zero-order valence-corrected chi connectivity index (χ0v) is 27.6. The summed E-state index contributed by atoms with van der Waals surface area (Å²) in [6.45, 7) is 4.05. The molecule has 6 aromatic carbocycles. The van der Waals surface area contributed by atoms with Crippen molar-refractivity contribution in [2.75, 3.05) is 0 Å². The van der Waals surface area contributed by atoms with Gasteiger partial charge in [0.25, 0.3) is 5.91 Å². The first kappa shape index (κ1) is 31.4. The van der Waals surface area contributed by atoms with Crippen molar-refractivity contribution in [3.8, 4) is 0 Å². The number of nitrogens with one attached hydrogen (secondary N) is 1. The Morgan fingerprint density at radius 1 is 0.587 bits per heavy atom. The number of aryl methyl sites for hydroxylation is 2. The molecule has 1 N–H and O–H groups in total. The maximum atomic E-state index is 14.7. The van der Waals surface area contributed by atoms with Crippen molar-refractivity contribution >= 4 is 40.5 Å². The van der Waals surface area contributed by atoms with Crippen LogP contribution in [0.1, 0.15) is 43.9 Å². The average Bonchev–Trinajstić information content (AvgIpc) is 3.09. The van der Waals surface area contributed by atoms with Gasteiger partial charge in [0.15, 0.2) is 0 Å². The molecular formula is C41H36NO2PS. The van der Waals surface area contributed by atoms with E-state index in [0.717, 1.165) is 32.5 Å². The first-order valence-electron chi connectivity index (χ1n) is 15.4. The Labute approximate surface area is 275 Å². The van der Waals surface area contributed by atoms with Gasteiger partial charge in [-0.25, -0.2) is 0 Å². The number of carbonyl (C=O) groups is 1. The monoisotopic (exact) mass is 637 g/mol. The fourth-order valence-corrected chi connectivity index (χ4v) is 10.2. The van der Waals surface area contributed by atoms with Gasteiger partial charge >= 0.3 is 0 Å². The van der Waals surface area contributed by atoms with Crippen LogP contribution in [0.5, 0.6) is 0 Å². The van der Waals surface area contributed by atoms with Crippen LogP contribution in [0.2, 0.25) is 0 Å². The number of amides is 1. The van der Waals surface area contributed by atoms with E-state index in [1.165, 1.54) is 10.6 Å². The molecule has 228 valence electrons. The second-order valence-corrected chi connectivity index (χ2v) is 15.1. The van der Waals surface area contributed by atoms with Gasteiger partial charge in [-0.2, -0.15) is 0 Å². The summed E-state index contributed by atoms with van der Waals surface area (Å²) in [5, 5.41) is 6.18. The summed E-state index contributed by atoms with van der Waals surface area (Å²) in [6, 6.07) is 54.0. The fraction of sp³-hybridized carbons (Fsp3) is 0.0976. The van der Waals surface area contributed by atoms with Crippen molar-refractivity contribution in [3.63, 3.8) is 0 Å². The summed E-state index contributed by atoms with van der Waals surface area (Å²) in [5.74, 6) is -0.192. The molecule has 0 radical (unpaired) electrons. The molecule has 0 aliphatic heterocycles. The third-order valence-electron chi connectivity index (χ3n) is 7.95. The number of rotatable bonds is 10. The normalized spacial score (nSPS) is 13.1. The molecule has 0 fully saturated rings. The molecule has 46 heavy (non-hydrogen) atoms. The zero-order valence-electron chi connectivity index (χ0n) is 25.9. The molecule has 1 unspecified atom stereocenters. The van der Waals surface area contributed by atoms with Crippen LogP contribution in [0.15, 0.2) is 169 Å². The molecule has 0 bridgehead atoms. The summed E-state index contributed by atoms with van der Waals surface area (Å²) >= 11 is 0. The van der Waals surface area contributed by atoms with Gasteiger partial charge in [0, 0.05) is 10.5 Å². The second kappa shape index (κ2) is 14.6. The van der Waals surface area contributed by atoms with Crippen molar-refractivity contribution in [3.05, 3.63) is 192 Å². The predicted octanol–water partition coefficient (Wildman–Crippen LogP) is 8.08. The molecule has 0 saturated heterocycles. The molecule has 0 aliphatic rings. The first-order valence-corrected chi connectivity index (χ1v) is 17.9. The van der Waals surface area contributed by atoms with E-state index in [-0.39, 0.29) is 5.91 Å². The van der Waals surface area contributed by atoms with E-state index in [2.05, 4.69) is 66.0 Å². The lowest BCUT2D eigenvalue weighted by molar-refractivity contribution is 0.0937. The SMILES string of the molecule is Cc1cc(C)cc(S(=O)[C@H](c2ccccc2)[C@@H](NC(=O)c2ccccc2P(c2ccccc2)c2ccccc2)c2ccccc2)c1. The van der Waals surface area contributed by atoms with E-state index in [9.17, 15) is 9.00 Å². The standard InChI is InChI=1S/C41H36NO2PS/c1-30-27-31(2)29-36(28-30)46(44)40(33-19-9-4-10-20-33)39(32-17-7-3-8-18-32)42-41(43)37-25-15-16-26-38(37)45(34-21-11-5-12-22-34)35-23-13-6-14-24-35/h3-29,39-40H,1-2H3,(H,42,43)/t39-,40+,46?/m0/s1. The van der Waals surface area contributed by atoms with Crippen molar-refractivity contribution < 1.29 is 9.00 Å². The van der Waals surface area contributed by atoms with Gasteiger partial charge in [0.05, 0.1) is 22.1 Å². The molecule has 0 aromatic heterocycles. The molecule has 5 heteroatoms. The summed E-state index contributed by atoms with van der Waals surface area (Å²) in [4.78, 5) is 15.4. The number of hydrogen-bond acceptors (Lipinski definition) is 2. The van der Waals surface area contributed by atoms with Crippen molar-refractivity contribution in [1.29, 1.82) is 0 Å². The molecule has 0 aliphatic carbocycles. The van der Waals surface area contributed by atoms with Crippen LogP contribution in [0.3, 0.4) is 0 Å². The Balaban J connectivity index is 1.46. The number of benzene rings is 6. The highest BCUT2D eigenvalue weighted by atomic mass is 32.2. The van der Waals surface area contributed by atoms with Gasteiger partial charge in [-0.15, -0.1) is 0 Å². The Kier molecular flexibility index (Phi) is 9.98. The maximum Gasteiger partial charge on any atom is 0.252 e. The highest BCUT2D eigenvalue weighted by molar-refractivity contribution is 7.85. The highest BCUT2D eigenvalue weighted by Gasteiger charge is 2.34. The van der Waals surface area contributed by atoms with Crippen molar-refractivity contribution in [1.82, 2.24) is 5.32 Å². The van der Waals surface area contributed by atoms with Gasteiger partial charge in [0.1, 0.15) is 0 Å². The van der Waals surface area contributed by atoms with E-state index in [1.807, 2.05) is 117 Å². The predicted molar refractivity (Wildman–Crippen MR) is 193 cm³/mol. The van der Waals surface area contributed by atoms with Crippen LogP contribution in [0.4, 0.5) is 0 Å². The van der Waals surface area contributed by atoms with Crippen molar-refractivity contribution in [2.24, 2.45) is 0 Å². The highest BCUT2D eigenvalue weighted by Crippen LogP contribution is 2.39. The lowest BCUT2D eigenvalue weighted by Crippen LogP contribution is -2.37. The molecule has 0 spiro atoms. The van der Waals surface area contributed by atoms with E-state index >= 15 is 0 Å². The molecular weight excluding hydrogens is 601 g/mol. The fourth-order valence-electron chi connectivity index (χ4n) is 5.93. The minimum Gasteiger partial charge on any atom is -0.344 e. The molecule has 6 rings (SSSR count).